The van der Waals surface area contributed by atoms with Crippen molar-refractivity contribution < 1.29 is 0 Å². The van der Waals surface area contributed by atoms with Gasteiger partial charge < -0.3 is 10.6 Å². The number of anilines is 2. The van der Waals surface area contributed by atoms with Crippen molar-refractivity contribution in [3.05, 3.63) is 18.5 Å². The first-order valence-corrected chi connectivity index (χ1v) is 6.91. The van der Waals surface area contributed by atoms with Crippen LogP contribution in [0.2, 0.25) is 0 Å². The summed E-state index contributed by atoms with van der Waals surface area (Å²) >= 11 is 2.09. The maximum absolute atomic E-state index is 4.19. The second-order valence-electron chi connectivity index (χ2n) is 4.08. The zero-order valence-electron chi connectivity index (χ0n) is 9.70. The van der Waals surface area contributed by atoms with Crippen LogP contribution < -0.4 is 10.6 Å². The van der Waals surface area contributed by atoms with Gasteiger partial charge in [0.1, 0.15) is 0 Å². The van der Waals surface area contributed by atoms with Gasteiger partial charge in [0.2, 0.25) is 0 Å². The highest BCUT2D eigenvalue weighted by Gasteiger charge is 2.13. The van der Waals surface area contributed by atoms with Crippen LogP contribution in [-0.2, 0) is 0 Å². The molecule has 1 aromatic rings. The van der Waals surface area contributed by atoms with Crippen LogP contribution in [0.15, 0.2) is 18.5 Å². The Balaban J connectivity index is 1.83. The molecule has 1 fully saturated rings. The lowest BCUT2D eigenvalue weighted by Gasteiger charge is -2.21. The molecule has 1 aliphatic rings. The molecule has 16 heavy (non-hydrogen) atoms. The van der Waals surface area contributed by atoms with Crippen LogP contribution in [0.5, 0.6) is 0 Å². The van der Waals surface area contributed by atoms with E-state index >= 15 is 0 Å². The van der Waals surface area contributed by atoms with Gasteiger partial charge in [-0.3, -0.25) is 4.98 Å². The first kappa shape index (κ1) is 11.6. The second kappa shape index (κ2) is 5.99. The zero-order chi connectivity index (χ0) is 11.2. The fourth-order valence-electron chi connectivity index (χ4n) is 1.87. The van der Waals surface area contributed by atoms with Crippen molar-refractivity contribution in [1.82, 2.24) is 4.98 Å². The molecule has 0 bridgehead atoms. The van der Waals surface area contributed by atoms with Crippen molar-refractivity contribution in [2.24, 2.45) is 0 Å². The maximum atomic E-state index is 4.19. The lowest BCUT2D eigenvalue weighted by atomic mass is 10.2. The second-order valence-corrected chi connectivity index (χ2v) is 5.49. The van der Waals surface area contributed by atoms with E-state index in [2.05, 4.69) is 33.4 Å². The van der Waals surface area contributed by atoms with E-state index in [1.165, 1.54) is 25.0 Å². The summed E-state index contributed by atoms with van der Waals surface area (Å²) in [6, 6.07) is 2.10. The molecular formula is C12H19N3S. The molecule has 88 valence electrons. The first-order valence-electron chi connectivity index (χ1n) is 5.87. The average molecular weight is 237 g/mol. The van der Waals surface area contributed by atoms with E-state index in [0.717, 1.165) is 23.2 Å². The normalized spacial score (nSPS) is 20.4. The third-order valence-electron chi connectivity index (χ3n) is 2.83. The number of hydrogen-bond donors (Lipinski definition) is 2. The van der Waals surface area contributed by atoms with Gasteiger partial charge in [-0.1, -0.05) is 6.42 Å². The van der Waals surface area contributed by atoms with Crippen molar-refractivity contribution >= 4 is 23.1 Å². The molecule has 0 aliphatic carbocycles. The van der Waals surface area contributed by atoms with E-state index in [0.29, 0.717) is 0 Å². The molecule has 0 saturated carbocycles. The van der Waals surface area contributed by atoms with Crippen molar-refractivity contribution in [3.63, 3.8) is 0 Å². The highest BCUT2D eigenvalue weighted by Crippen LogP contribution is 2.25. The molecule has 0 aromatic carbocycles. The van der Waals surface area contributed by atoms with Crippen LogP contribution in [0.25, 0.3) is 0 Å². The first-order chi connectivity index (χ1) is 7.88. The maximum Gasteiger partial charge on any atom is 0.0547 e. The topological polar surface area (TPSA) is 37.0 Å². The summed E-state index contributed by atoms with van der Waals surface area (Å²) in [5.41, 5.74) is 2.17. The minimum absolute atomic E-state index is 0.770. The number of nitrogens with zero attached hydrogens (tertiary/aromatic N) is 1. The molecule has 0 spiro atoms. The zero-order valence-corrected chi connectivity index (χ0v) is 10.5. The van der Waals surface area contributed by atoms with Gasteiger partial charge in [-0.2, -0.15) is 11.8 Å². The molecule has 4 heteroatoms. The number of thioether (sulfide) groups is 1. The molecule has 0 radical (unpaired) electrons. The smallest absolute Gasteiger partial charge is 0.0547 e. The fourth-order valence-corrected chi connectivity index (χ4v) is 3.11. The van der Waals surface area contributed by atoms with Crippen molar-refractivity contribution in [3.8, 4) is 0 Å². The molecule has 2 heterocycles. The number of aromatic nitrogens is 1. The SMILES string of the molecule is CNc1cncc(NCC2CCCCS2)c1. The van der Waals surface area contributed by atoms with Crippen molar-refractivity contribution in [2.45, 2.75) is 24.5 Å². The fraction of sp³-hybridized carbons (Fsp3) is 0.583. The lowest BCUT2D eigenvalue weighted by Crippen LogP contribution is -2.20. The molecule has 1 unspecified atom stereocenters. The molecule has 2 N–H and O–H groups in total. The largest absolute Gasteiger partial charge is 0.387 e. The van der Waals surface area contributed by atoms with Gasteiger partial charge in [-0.15, -0.1) is 0 Å². The summed E-state index contributed by atoms with van der Waals surface area (Å²) in [6.45, 7) is 1.06. The highest BCUT2D eigenvalue weighted by molar-refractivity contribution is 7.99. The van der Waals surface area contributed by atoms with Gasteiger partial charge in [-0.25, -0.2) is 0 Å². The van der Waals surface area contributed by atoms with Crippen LogP contribution in [0.1, 0.15) is 19.3 Å². The minimum atomic E-state index is 0.770. The van der Waals surface area contributed by atoms with Gasteiger partial charge >= 0.3 is 0 Å². The Labute approximate surface area is 101 Å². The molecule has 3 nitrogen and oxygen atoms in total. The van der Waals surface area contributed by atoms with E-state index in [1.54, 1.807) is 0 Å². The Morgan fingerprint density at radius 1 is 1.38 bits per heavy atom. The molecule has 2 rings (SSSR count). The van der Waals surface area contributed by atoms with Gasteiger partial charge in [0.25, 0.3) is 0 Å². The summed E-state index contributed by atoms with van der Waals surface area (Å²) in [5, 5.41) is 7.33. The van der Waals surface area contributed by atoms with Crippen molar-refractivity contribution in [1.29, 1.82) is 0 Å². The standard InChI is InChI=1S/C12H19N3S/c1-13-10-6-11(8-14-7-10)15-9-12-4-2-3-5-16-12/h6-8,12-13,15H,2-5,9H2,1H3. The predicted octanol–water partition coefficient (Wildman–Crippen LogP) is 2.82. The lowest BCUT2D eigenvalue weighted by molar-refractivity contribution is 0.677. The minimum Gasteiger partial charge on any atom is -0.387 e. The summed E-state index contributed by atoms with van der Waals surface area (Å²) in [7, 11) is 1.91. The Bertz CT molecular complexity index is 324. The van der Waals surface area contributed by atoms with Gasteiger partial charge in [0.15, 0.2) is 0 Å². The van der Waals surface area contributed by atoms with Crippen molar-refractivity contribution in [2.75, 3.05) is 30.0 Å². The average Bonchev–Trinajstić information content (AvgIpc) is 2.38. The van der Waals surface area contributed by atoms with E-state index in [9.17, 15) is 0 Å². The molecule has 1 atom stereocenters. The number of nitrogens with one attached hydrogen (secondary N) is 2. The molecule has 0 amide bonds. The molecule has 1 aromatic heterocycles. The Kier molecular flexibility index (Phi) is 4.34. The Hall–Kier alpha value is -0.900. The van der Waals surface area contributed by atoms with Crippen LogP contribution in [0, 0.1) is 0 Å². The van der Waals surface area contributed by atoms with E-state index in [4.69, 9.17) is 0 Å². The van der Waals surface area contributed by atoms with Gasteiger partial charge in [0.05, 0.1) is 23.8 Å². The summed E-state index contributed by atoms with van der Waals surface area (Å²) in [6.07, 6.45) is 7.83. The quantitative estimate of drug-likeness (QED) is 0.844. The molecule has 1 aliphatic heterocycles. The Morgan fingerprint density at radius 3 is 3.00 bits per heavy atom. The monoisotopic (exact) mass is 237 g/mol. The van der Waals surface area contributed by atoms with E-state index < -0.39 is 0 Å². The van der Waals surface area contributed by atoms with Gasteiger partial charge in [0, 0.05) is 18.8 Å². The summed E-state index contributed by atoms with van der Waals surface area (Å²) in [4.78, 5) is 4.19. The predicted molar refractivity (Wildman–Crippen MR) is 72.4 cm³/mol. The highest BCUT2D eigenvalue weighted by atomic mass is 32.2. The number of rotatable bonds is 4. The van der Waals surface area contributed by atoms with Crippen LogP contribution in [0.3, 0.4) is 0 Å². The van der Waals surface area contributed by atoms with Crippen LogP contribution >= 0.6 is 11.8 Å². The third kappa shape index (κ3) is 3.30. The summed E-state index contributed by atoms with van der Waals surface area (Å²) in [5.74, 6) is 1.32. The third-order valence-corrected chi connectivity index (χ3v) is 4.23. The number of hydrogen-bond acceptors (Lipinski definition) is 4. The van der Waals surface area contributed by atoms with Gasteiger partial charge in [-0.05, 0) is 24.7 Å². The Morgan fingerprint density at radius 2 is 2.25 bits per heavy atom. The van der Waals surface area contributed by atoms with E-state index in [1.807, 2.05) is 19.4 Å². The van der Waals surface area contributed by atoms with Crippen LogP contribution in [-0.4, -0.2) is 29.6 Å². The summed E-state index contributed by atoms with van der Waals surface area (Å²) < 4.78 is 0. The van der Waals surface area contributed by atoms with Crippen LogP contribution in [0.4, 0.5) is 11.4 Å². The molecular weight excluding hydrogens is 218 g/mol. The van der Waals surface area contributed by atoms with E-state index in [-0.39, 0.29) is 0 Å². The molecule has 1 saturated heterocycles. The number of pyridine rings is 1.